The highest BCUT2D eigenvalue weighted by atomic mass is 36.0. The van der Waals surface area contributed by atoms with Crippen LogP contribution in [-0.2, 0) is 9.13 Å². The summed E-state index contributed by atoms with van der Waals surface area (Å²) >= 11 is 24.6. The van der Waals surface area contributed by atoms with Gasteiger partial charge in [0, 0.05) is 33.3 Å². The Kier molecular flexibility index (Phi) is 11.7. The van der Waals surface area contributed by atoms with Crippen molar-refractivity contribution in [1.82, 2.24) is 0 Å². The fraction of sp³-hybridized carbons (Fsp3) is 0.0476. The average Bonchev–Trinajstić information content (AvgIpc) is 2.67. The Morgan fingerprint density at radius 1 is 0.625 bits per heavy atom. The summed E-state index contributed by atoms with van der Waals surface area (Å²) in [5, 5.41) is 9.96. The summed E-state index contributed by atoms with van der Waals surface area (Å²) in [5.74, 6) is 0.782. The maximum atomic E-state index is 11.1. The van der Waals surface area contributed by atoms with Crippen molar-refractivity contribution in [3.8, 4) is 11.5 Å². The minimum atomic E-state index is -3.55. The van der Waals surface area contributed by atoms with Gasteiger partial charge in [0.05, 0.1) is 0 Å². The molecule has 0 aliphatic heterocycles. The van der Waals surface area contributed by atoms with Crippen LogP contribution in [0.4, 0.5) is 0 Å². The number of aromatic hydroxyl groups is 1. The van der Waals surface area contributed by atoms with Gasteiger partial charge in [0.15, 0.2) is 0 Å². The predicted molar refractivity (Wildman–Crippen MR) is 141 cm³/mol. The third-order valence-electron chi connectivity index (χ3n) is 3.72. The zero-order valence-electron chi connectivity index (χ0n) is 15.5. The molecule has 4 aromatic rings. The Bertz CT molecular complexity index is 1240. The van der Waals surface area contributed by atoms with Crippen molar-refractivity contribution in [1.29, 1.82) is 0 Å². The van der Waals surface area contributed by atoms with Gasteiger partial charge in [-0.05, 0) is 56.6 Å². The van der Waals surface area contributed by atoms with E-state index >= 15 is 0 Å². The molecule has 0 amide bonds. The van der Waals surface area contributed by atoms with Crippen LogP contribution in [-0.4, -0.2) is 5.11 Å². The quantitative estimate of drug-likeness (QED) is 0.242. The Hall–Kier alpha value is -1.09. The summed E-state index contributed by atoms with van der Waals surface area (Å²) in [5.41, 5.74) is 0. The molecule has 0 unspecified atom stereocenters. The van der Waals surface area contributed by atoms with Crippen molar-refractivity contribution >= 4 is 89.0 Å². The van der Waals surface area contributed by atoms with Crippen LogP contribution in [0.2, 0.25) is 0 Å². The van der Waals surface area contributed by atoms with Gasteiger partial charge >= 0.3 is 11.3 Å². The maximum absolute atomic E-state index is 11.1. The number of phenolic OH excluding ortho intramolecular Hbond substituents is 1. The first-order chi connectivity index (χ1) is 14.4. The molecule has 0 aromatic heterocycles. The molecule has 0 atom stereocenters. The van der Waals surface area contributed by atoms with Gasteiger partial charge in [-0.3, -0.25) is 4.57 Å². The van der Waals surface area contributed by atoms with E-state index in [0.717, 1.165) is 21.5 Å². The third kappa shape index (κ3) is 10.7. The molecule has 4 nitrogen and oxygen atoms in total. The molecular formula is C21H19Cl5O4P2. The Labute approximate surface area is 210 Å². The molecule has 0 spiro atoms. The molecule has 0 heterocycles. The first-order valence-corrected chi connectivity index (χ1v) is 16.3. The molecule has 1 N–H and O–H groups in total. The normalized spacial score (nSPS) is 10.8. The fourth-order valence-electron chi connectivity index (χ4n) is 2.60. The lowest BCUT2D eigenvalue weighted by Gasteiger charge is -2.08. The Morgan fingerprint density at radius 3 is 1.53 bits per heavy atom. The molecule has 0 saturated carbocycles. The van der Waals surface area contributed by atoms with Gasteiger partial charge in [0.1, 0.15) is 11.5 Å². The molecule has 172 valence electrons. The SMILES string of the molecule is C.O=P(Cl)(Cl)Cl.O=P(Cl)(Cl)Oc1cccc2ccccc12.Oc1cccc2ccccc12. The molecule has 4 rings (SSSR count). The zero-order valence-corrected chi connectivity index (χ0v) is 21.1. The second-order valence-electron chi connectivity index (χ2n) is 5.88. The number of halogens is 5. The Morgan fingerprint density at radius 2 is 1.03 bits per heavy atom. The van der Waals surface area contributed by atoms with E-state index in [9.17, 15) is 14.2 Å². The zero-order chi connectivity index (χ0) is 23.1. The number of phenols is 1. The number of benzene rings is 4. The van der Waals surface area contributed by atoms with Crippen LogP contribution in [0.1, 0.15) is 7.43 Å². The summed E-state index contributed by atoms with van der Waals surface area (Å²) in [6.07, 6.45) is -3.55. The van der Waals surface area contributed by atoms with Gasteiger partial charge in [0.25, 0.3) is 0 Å². The highest BCUT2D eigenvalue weighted by molar-refractivity contribution is 8.24. The summed E-state index contributed by atoms with van der Waals surface area (Å²) in [4.78, 5) is 0. The lowest BCUT2D eigenvalue weighted by atomic mass is 10.1. The van der Waals surface area contributed by atoms with E-state index in [0.29, 0.717) is 11.5 Å². The molecule has 0 saturated heterocycles. The molecule has 11 heteroatoms. The summed E-state index contributed by atoms with van der Waals surface area (Å²) in [7, 11) is 0. The van der Waals surface area contributed by atoms with Gasteiger partial charge in [0.2, 0.25) is 0 Å². The first kappa shape index (κ1) is 28.9. The topological polar surface area (TPSA) is 63.6 Å². The minimum absolute atomic E-state index is 0. The monoisotopic (exact) mass is 572 g/mol. The second-order valence-corrected chi connectivity index (χ2v) is 16.7. The molecule has 0 bridgehead atoms. The van der Waals surface area contributed by atoms with Crippen LogP contribution in [0, 0.1) is 0 Å². The van der Waals surface area contributed by atoms with E-state index in [4.69, 9.17) is 27.0 Å². The van der Waals surface area contributed by atoms with Crippen LogP contribution >= 0.6 is 67.5 Å². The average molecular weight is 575 g/mol. The first-order valence-electron chi connectivity index (χ1n) is 8.46. The molecular weight excluding hydrogens is 555 g/mol. The predicted octanol–water partition coefficient (Wildman–Crippen LogP) is 10.8. The molecule has 0 aliphatic carbocycles. The van der Waals surface area contributed by atoms with Gasteiger partial charge < -0.3 is 9.63 Å². The van der Waals surface area contributed by atoms with Crippen LogP contribution in [0.3, 0.4) is 0 Å². The van der Waals surface area contributed by atoms with Crippen molar-refractivity contribution in [2.75, 3.05) is 0 Å². The number of rotatable bonds is 2. The van der Waals surface area contributed by atoms with Crippen molar-refractivity contribution in [3.05, 3.63) is 84.9 Å². The van der Waals surface area contributed by atoms with Crippen molar-refractivity contribution in [2.24, 2.45) is 0 Å². The van der Waals surface area contributed by atoms with E-state index in [1.54, 1.807) is 18.2 Å². The van der Waals surface area contributed by atoms with Crippen molar-refractivity contribution in [3.63, 3.8) is 0 Å². The van der Waals surface area contributed by atoms with Gasteiger partial charge in [-0.1, -0.05) is 80.2 Å². The molecule has 0 radical (unpaired) electrons. The highest BCUT2D eigenvalue weighted by Crippen LogP contribution is 2.61. The number of fused-ring (bicyclic) bond motifs is 2. The van der Waals surface area contributed by atoms with Gasteiger partial charge in [-0.25, -0.2) is 4.57 Å². The van der Waals surface area contributed by atoms with E-state index in [2.05, 4.69) is 33.7 Å². The summed E-state index contributed by atoms with van der Waals surface area (Å²) < 4.78 is 25.6. The third-order valence-corrected chi connectivity index (χ3v) is 4.54. The van der Waals surface area contributed by atoms with Gasteiger partial charge in [-0.2, -0.15) is 0 Å². The van der Waals surface area contributed by atoms with E-state index in [1.807, 2.05) is 66.7 Å². The number of hydrogen-bond acceptors (Lipinski definition) is 4. The van der Waals surface area contributed by atoms with Crippen LogP contribution in [0.25, 0.3) is 21.5 Å². The molecule has 32 heavy (non-hydrogen) atoms. The highest BCUT2D eigenvalue weighted by Gasteiger charge is 2.17. The standard InChI is InChI=1S/C10H7Cl2O2P.C10H8O.CH4.Cl3OP/c11-15(12,13)14-10-7-3-5-8-4-1-2-6-9(8)10;11-10-7-3-5-8-4-1-2-6-9(8)10;;1-5(2,3)4/h1-7H;1-7,11H;1H4;. The summed E-state index contributed by atoms with van der Waals surface area (Å²) in [6, 6.07) is 26.2. The van der Waals surface area contributed by atoms with E-state index in [-0.39, 0.29) is 7.43 Å². The smallest absolute Gasteiger partial charge is 0.428 e. The van der Waals surface area contributed by atoms with Gasteiger partial charge in [-0.15, -0.1) is 0 Å². The van der Waals surface area contributed by atoms with Crippen LogP contribution < -0.4 is 4.52 Å². The Balaban J connectivity index is 0.000000266. The lowest BCUT2D eigenvalue weighted by Crippen LogP contribution is -1.83. The van der Waals surface area contributed by atoms with E-state index in [1.165, 1.54) is 0 Å². The van der Waals surface area contributed by atoms with E-state index < -0.39 is 11.3 Å². The summed E-state index contributed by atoms with van der Waals surface area (Å²) in [6.45, 7) is 0. The van der Waals surface area contributed by atoms with Crippen molar-refractivity contribution in [2.45, 2.75) is 7.43 Å². The fourth-order valence-corrected chi connectivity index (χ4v) is 3.43. The van der Waals surface area contributed by atoms with Crippen molar-refractivity contribution < 1.29 is 18.8 Å². The maximum Gasteiger partial charge on any atom is 0.428 e. The molecule has 4 aromatic carbocycles. The molecule has 0 fully saturated rings. The largest absolute Gasteiger partial charge is 0.507 e. The lowest BCUT2D eigenvalue weighted by molar-refractivity contribution is 0.481. The molecule has 0 aliphatic rings. The van der Waals surface area contributed by atoms with Crippen LogP contribution in [0.15, 0.2) is 84.9 Å². The number of hydrogen-bond donors (Lipinski definition) is 1. The second kappa shape index (κ2) is 13.0. The van der Waals surface area contributed by atoms with Crippen LogP contribution in [0.5, 0.6) is 11.5 Å². The minimum Gasteiger partial charge on any atom is -0.507 e.